The Morgan fingerprint density at radius 2 is 1.91 bits per heavy atom. The van der Waals surface area contributed by atoms with Crippen LogP contribution in [0.3, 0.4) is 0 Å². The van der Waals surface area contributed by atoms with Crippen LogP contribution in [0.5, 0.6) is 0 Å². The number of likely N-dealkylation sites (tertiary alicyclic amines) is 1. The van der Waals surface area contributed by atoms with Crippen LogP contribution < -0.4 is 5.32 Å². The van der Waals surface area contributed by atoms with Gasteiger partial charge in [-0.2, -0.15) is 0 Å². The van der Waals surface area contributed by atoms with Gasteiger partial charge >= 0.3 is 0 Å². The van der Waals surface area contributed by atoms with Gasteiger partial charge in [-0.05, 0) is 26.2 Å². The highest BCUT2D eigenvalue weighted by atomic mass is 16.5. The van der Waals surface area contributed by atoms with Crippen LogP contribution in [0.1, 0.15) is 32.6 Å². The van der Waals surface area contributed by atoms with Crippen LogP contribution in [-0.4, -0.2) is 48.9 Å². The smallest absolute Gasteiger partial charge is 0.233 e. The maximum absolute atomic E-state index is 12.2. The Bertz CT molecular complexity index is 435. The van der Waals surface area contributed by atoms with Crippen molar-refractivity contribution in [2.45, 2.75) is 32.6 Å². The third-order valence-electron chi connectivity index (χ3n) is 4.15. The van der Waals surface area contributed by atoms with Gasteiger partial charge in [-0.15, -0.1) is 0 Å². The van der Waals surface area contributed by atoms with Crippen molar-refractivity contribution in [1.82, 2.24) is 10.2 Å². The monoisotopic (exact) mass is 308 g/mol. The minimum atomic E-state index is -0.216. The van der Waals surface area contributed by atoms with Gasteiger partial charge in [0, 0.05) is 32.7 Å². The minimum Gasteiger partial charge on any atom is -0.382 e. The van der Waals surface area contributed by atoms with Crippen LogP contribution in [0.25, 0.3) is 0 Å². The fourth-order valence-corrected chi connectivity index (χ4v) is 2.94. The van der Waals surface area contributed by atoms with Crippen LogP contribution in [0.2, 0.25) is 0 Å². The molecule has 6 heteroatoms. The molecule has 2 aliphatic rings. The molecule has 1 fully saturated rings. The average molecular weight is 308 g/mol. The van der Waals surface area contributed by atoms with E-state index in [1.807, 2.05) is 19.1 Å². The lowest BCUT2D eigenvalue weighted by atomic mass is 9.85. The van der Waals surface area contributed by atoms with Crippen LogP contribution in [0, 0.1) is 11.8 Å². The van der Waals surface area contributed by atoms with Gasteiger partial charge in [0.2, 0.25) is 17.7 Å². The summed E-state index contributed by atoms with van der Waals surface area (Å²) in [6, 6.07) is 0. The normalized spacial score (nSPS) is 23.8. The molecule has 6 nitrogen and oxygen atoms in total. The first-order valence-corrected chi connectivity index (χ1v) is 7.99. The van der Waals surface area contributed by atoms with E-state index in [1.54, 1.807) is 0 Å². The molecule has 0 bridgehead atoms. The number of carbonyl (C=O) groups excluding carboxylic acids is 3. The molecular formula is C16H24N2O4. The molecule has 2 rings (SSSR count). The Kier molecular flexibility index (Phi) is 6.12. The molecule has 3 amide bonds. The summed E-state index contributed by atoms with van der Waals surface area (Å²) in [6.07, 6.45) is 6.11. The van der Waals surface area contributed by atoms with Crippen molar-refractivity contribution in [3.8, 4) is 0 Å². The molecule has 22 heavy (non-hydrogen) atoms. The summed E-state index contributed by atoms with van der Waals surface area (Å²) >= 11 is 0. The summed E-state index contributed by atoms with van der Waals surface area (Å²) < 4.78 is 5.18. The number of carbonyl (C=O) groups is 3. The van der Waals surface area contributed by atoms with E-state index in [9.17, 15) is 14.4 Å². The maximum atomic E-state index is 12.2. The summed E-state index contributed by atoms with van der Waals surface area (Å²) in [4.78, 5) is 37.4. The maximum Gasteiger partial charge on any atom is 0.233 e. The zero-order chi connectivity index (χ0) is 15.9. The summed E-state index contributed by atoms with van der Waals surface area (Å²) in [5.74, 6) is -0.810. The number of rotatable bonds is 8. The first kappa shape index (κ1) is 16.7. The van der Waals surface area contributed by atoms with Crippen LogP contribution in [0.4, 0.5) is 0 Å². The summed E-state index contributed by atoms with van der Waals surface area (Å²) in [6.45, 7) is 3.95. The molecule has 122 valence electrons. The largest absolute Gasteiger partial charge is 0.382 e. The van der Waals surface area contributed by atoms with Crippen molar-refractivity contribution in [3.05, 3.63) is 12.2 Å². The fourth-order valence-electron chi connectivity index (χ4n) is 2.94. The molecule has 0 radical (unpaired) electrons. The zero-order valence-electron chi connectivity index (χ0n) is 13.0. The highest BCUT2D eigenvalue weighted by Gasteiger charge is 2.46. The molecule has 2 atom stereocenters. The molecule has 0 aromatic heterocycles. The van der Waals surface area contributed by atoms with Crippen LogP contribution >= 0.6 is 0 Å². The van der Waals surface area contributed by atoms with Crippen molar-refractivity contribution in [3.63, 3.8) is 0 Å². The molecule has 1 N–H and O–H groups in total. The average Bonchev–Trinajstić information content (AvgIpc) is 2.77. The highest BCUT2D eigenvalue weighted by molar-refractivity contribution is 6.05. The van der Waals surface area contributed by atoms with Crippen molar-refractivity contribution in [2.24, 2.45) is 11.8 Å². The standard InChI is InChI=1S/C16H24N2O4/c1-2-22-11-5-9-17-14(19)8-10-18-15(20)12-6-3-4-7-13(12)16(18)21/h3-4,12-13H,2,5-11H2,1H3,(H,17,19)/t12-,13+. The number of nitrogens with zero attached hydrogens (tertiary/aromatic N) is 1. The van der Waals surface area contributed by atoms with Gasteiger partial charge in [-0.25, -0.2) is 0 Å². The highest BCUT2D eigenvalue weighted by Crippen LogP contribution is 2.34. The second-order valence-electron chi connectivity index (χ2n) is 5.63. The summed E-state index contributed by atoms with van der Waals surface area (Å²) in [5.41, 5.74) is 0. The van der Waals surface area contributed by atoms with Gasteiger partial charge in [0.05, 0.1) is 11.8 Å². The number of hydrogen-bond donors (Lipinski definition) is 1. The van der Waals surface area contributed by atoms with E-state index in [4.69, 9.17) is 4.74 Å². The fraction of sp³-hybridized carbons (Fsp3) is 0.688. The topological polar surface area (TPSA) is 75.7 Å². The Balaban J connectivity index is 1.71. The minimum absolute atomic E-state index is 0.122. The number of amides is 3. The second-order valence-corrected chi connectivity index (χ2v) is 5.63. The number of nitrogens with one attached hydrogen (secondary N) is 1. The number of imide groups is 1. The lowest BCUT2D eigenvalue weighted by Crippen LogP contribution is -2.35. The Hall–Kier alpha value is -1.69. The van der Waals surface area contributed by atoms with Crippen LogP contribution in [-0.2, 0) is 19.1 Å². The molecule has 0 saturated carbocycles. The molecule has 1 saturated heterocycles. The lowest BCUT2D eigenvalue weighted by Gasteiger charge is -2.14. The molecule has 0 unspecified atom stereocenters. The van der Waals surface area contributed by atoms with E-state index in [1.165, 1.54) is 4.90 Å². The molecule has 1 aliphatic heterocycles. The molecule has 0 aromatic carbocycles. The number of allylic oxidation sites excluding steroid dienone is 2. The predicted molar refractivity (Wildman–Crippen MR) is 80.8 cm³/mol. The lowest BCUT2D eigenvalue weighted by molar-refractivity contribution is -0.140. The van der Waals surface area contributed by atoms with Gasteiger partial charge in [0.25, 0.3) is 0 Å². The van der Waals surface area contributed by atoms with Crippen molar-refractivity contribution < 1.29 is 19.1 Å². The van der Waals surface area contributed by atoms with E-state index >= 15 is 0 Å². The van der Waals surface area contributed by atoms with Gasteiger partial charge in [-0.1, -0.05) is 12.2 Å². The summed E-state index contributed by atoms with van der Waals surface area (Å²) in [5, 5.41) is 2.78. The van der Waals surface area contributed by atoms with E-state index < -0.39 is 0 Å². The van der Waals surface area contributed by atoms with Gasteiger partial charge in [0.15, 0.2) is 0 Å². The first-order chi connectivity index (χ1) is 10.6. The first-order valence-electron chi connectivity index (χ1n) is 7.99. The summed E-state index contributed by atoms with van der Waals surface area (Å²) in [7, 11) is 0. The van der Waals surface area contributed by atoms with Crippen molar-refractivity contribution in [2.75, 3.05) is 26.3 Å². The molecule has 1 heterocycles. The molecular weight excluding hydrogens is 284 g/mol. The van der Waals surface area contributed by atoms with E-state index in [-0.39, 0.29) is 42.5 Å². The number of hydrogen-bond acceptors (Lipinski definition) is 4. The second kappa shape index (κ2) is 8.08. The van der Waals surface area contributed by atoms with Crippen molar-refractivity contribution >= 4 is 17.7 Å². The van der Waals surface area contributed by atoms with Gasteiger partial charge in [0.1, 0.15) is 0 Å². The third kappa shape index (κ3) is 3.94. The Morgan fingerprint density at radius 3 is 2.50 bits per heavy atom. The van der Waals surface area contributed by atoms with Gasteiger partial charge in [-0.3, -0.25) is 19.3 Å². The Labute approximate surface area is 130 Å². The zero-order valence-corrected chi connectivity index (χ0v) is 13.0. The number of ether oxygens (including phenoxy) is 1. The Morgan fingerprint density at radius 1 is 1.27 bits per heavy atom. The quantitative estimate of drug-likeness (QED) is 0.410. The van der Waals surface area contributed by atoms with E-state index in [0.29, 0.717) is 32.6 Å². The van der Waals surface area contributed by atoms with Crippen molar-refractivity contribution in [1.29, 1.82) is 0 Å². The predicted octanol–water partition coefficient (Wildman–Crippen LogP) is 0.870. The van der Waals surface area contributed by atoms with Gasteiger partial charge < -0.3 is 10.1 Å². The molecule has 0 spiro atoms. The van der Waals surface area contributed by atoms with E-state index in [2.05, 4.69) is 5.32 Å². The molecule has 0 aromatic rings. The van der Waals surface area contributed by atoms with E-state index in [0.717, 1.165) is 6.42 Å². The number of fused-ring (bicyclic) bond motifs is 1. The molecule has 1 aliphatic carbocycles. The third-order valence-corrected chi connectivity index (χ3v) is 4.15. The SMILES string of the molecule is CCOCCCNC(=O)CCN1C(=O)[C@H]2CC=CC[C@H]2C1=O. The van der Waals surface area contributed by atoms with Crippen LogP contribution in [0.15, 0.2) is 12.2 Å².